The van der Waals surface area contributed by atoms with E-state index in [4.69, 9.17) is 4.74 Å². The highest BCUT2D eigenvalue weighted by atomic mass is 16.5. The van der Waals surface area contributed by atoms with Crippen LogP contribution >= 0.6 is 0 Å². The van der Waals surface area contributed by atoms with Gasteiger partial charge in [-0.2, -0.15) is 4.40 Å². The number of rotatable bonds is 0. The molecule has 168 valence electrons. The first-order chi connectivity index (χ1) is 18.4. The number of hydrogen-bond donors (Lipinski definition) is 0. The SMILES string of the molecule is c1ccc2c(c1)n1c3ccncc3c3ccc4c5c3c1[n+]2C51c2c(ccc3ccc5ccc[n+]1c5c23)O4. The fourth-order valence-corrected chi connectivity index (χ4v) is 7.84. The van der Waals surface area contributed by atoms with Crippen molar-refractivity contribution < 1.29 is 13.9 Å². The molecule has 3 aliphatic heterocycles. The van der Waals surface area contributed by atoms with Crippen molar-refractivity contribution in [2.45, 2.75) is 5.66 Å². The summed E-state index contributed by atoms with van der Waals surface area (Å²) < 4.78 is 14.3. The van der Waals surface area contributed by atoms with Crippen LogP contribution in [0.25, 0.3) is 60.0 Å². The highest BCUT2D eigenvalue weighted by Gasteiger charge is 2.68. The first kappa shape index (κ1) is 17.4. The monoisotopic (exact) mass is 472 g/mol. The molecule has 4 aromatic heterocycles. The maximum Gasteiger partial charge on any atom is 0.372 e. The van der Waals surface area contributed by atoms with E-state index < -0.39 is 5.66 Å². The summed E-state index contributed by atoms with van der Waals surface area (Å²) in [5, 5.41) is 7.38. The van der Waals surface area contributed by atoms with Gasteiger partial charge >= 0.3 is 11.3 Å². The summed E-state index contributed by atoms with van der Waals surface area (Å²) in [5.74, 6) is 1.86. The Bertz CT molecular complexity index is 2460. The molecule has 5 nitrogen and oxygen atoms in total. The van der Waals surface area contributed by atoms with Crippen molar-refractivity contribution in [3.63, 3.8) is 0 Å². The highest BCUT2D eigenvalue weighted by molar-refractivity contribution is 6.17. The van der Waals surface area contributed by atoms with Crippen molar-refractivity contribution in [1.29, 1.82) is 0 Å². The van der Waals surface area contributed by atoms with Crippen molar-refractivity contribution in [1.82, 2.24) is 9.38 Å². The van der Waals surface area contributed by atoms with Gasteiger partial charge in [0.15, 0.2) is 17.2 Å². The van der Waals surface area contributed by atoms with Gasteiger partial charge in [0.25, 0.3) is 0 Å². The molecule has 4 aromatic carbocycles. The van der Waals surface area contributed by atoms with Gasteiger partial charge in [0.1, 0.15) is 28.1 Å². The second-order valence-corrected chi connectivity index (χ2v) is 10.4. The normalized spacial score (nSPS) is 18.1. The summed E-state index contributed by atoms with van der Waals surface area (Å²) in [5.41, 5.74) is 7.93. The van der Waals surface area contributed by atoms with Gasteiger partial charge in [0, 0.05) is 40.7 Å². The van der Waals surface area contributed by atoms with Gasteiger partial charge in [-0.25, -0.2) is 0 Å². The standard InChI is InChI=1S/C32H16N4O/c1-2-6-23-22(5-1)35-21-13-14-33-16-20(21)19-10-12-25-29-27(19)31(35)36(23)32(29)28-24(37-25)11-9-17-7-8-18-4-3-15-34(32)30(18)26(17)28/h1-16H/q+2. The van der Waals surface area contributed by atoms with Gasteiger partial charge in [0.2, 0.25) is 5.52 Å². The van der Waals surface area contributed by atoms with Crippen LogP contribution in [0.2, 0.25) is 0 Å². The zero-order chi connectivity index (χ0) is 23.6. The van der Waals surface area contributed by atoms with E-state index in [0.29, 0.717) is 0 Å². The summed E-state index contributed by atoms with van der Waals surface area (Å²) in [6, 6.07) is 28.6. The van der Waals surface area contributed by atoms with Crippen LogP contribution in [-0.4, -0.2) is 9.38 Å². The summed E-state index contributed by atoms with van der Waals surface area (Å²) >= 11 is 0. The number of benzene rings is 4. The predicted molar refractivity (Wildman–Crippen MR) is 141 cm³/mol. The third-order valence-electron chi connectivity index (χ3n) is 9.00. The Morgan fingerprint density at radius 1 is 0.730 bits per heavy atom. The summed E-state index contributed by atoms with van der Waals surface area (Å²) in [4.78, 5) is 4.54. The van der Waals surface area contributed by atoms with Crippen molar-refractivity contribution in [2.75, 3.05) is 0 Å². The lowest BCUT2D eigenvalue weighted by Gasteiger charge is -2.28. The third-order valence-corrected chi connectivity index (χ3v) is 9.00. The molecule has 7 heterocycles. The molecule has 0 saturated heterocycles. The number of aromatic nitrogens is 4. The number of fused-ring (bicyclic) bond motifs is 6. The lowest BCUT2D eigenvalue weighted by atomic mass is 9.85. The van der Waals surface area contributed by atoms with Crippen molar-refractivity contribution in [3.8, 4) is 11.5 Å². The lowest BCUT2D eigenvalue weighted by molar-refractivity contribution is -0.934. The van der Waals surface area contributed by atoms with Crippen LogP contribution in [0.1, 0.15) is 11.1 Å². The molecule has 8 aromatic rings. The van der Waals surface area contributed by atoms with Gasteiger partial charge in [-0.1, -0.05) is 24.3 Å². The van der Waals surface area contributed by atoms with Gasteiger partial charge in [-0.15, -0.1) is 9.13 Å². The van der Waals surface area contributed by atoms with Gasteiger partial charge in [-0.05, 0) is 47.9 Å². The molecule has 37 heavy (non-hydrogen) atoms. The minimum absolute atomic E-state index is 0.577. The van der Waals surface area contributed by atoms with Crippen LogP contribution in [0.15, 0.2) is 97.5 Å². The molecule has 1 unspecified atom stereocenters. The summed E-state index contributed by atoms with van der Waals surface area (Å²) in [6.45, 7) is 0. The quantitative estimate of drug-likeness (QED) is 0.209. The maximum absolute atomic E-state index is 6.75. The Morgan fingerprint density at radius 2 is 1.57 bits per heavy atom. The fourth-order valence-electron chi connectivity index (χ4n) is 7.84. The largest absolute Gasteiger partial charge is 0.456 e. The Hall–Kier alpha value is -5.03. The minimum Gasteiger partial charge on any atom is -0.456 e. The van der Waals surface area contributed by atoms with Crippen LogP contribution in [0.3, 0.4) is 0 Å². The average Bonchev–Trinajstić information content (AvgIpc) is 3.57. The van der Waals surface area contributed by atoms with E-state index in [0.717, 1.165) is 16.9 Å². The number of imidazole rings is 1. The van der Waals surface area contributed by atoms with E-state index in [1.165, 1.54) is 65.8 Å². The highest BCUT2D eigenvalue weighted by Crippen LogP contribution is 2.57. The average molecular weight is 473 g/mol. The molecular formula is C32H16N4O+2. The lowest BCUT2D eigenvalue weighted by Crippen LogP contribution is -2.71. The first-order valence-electron chi connectivity index (χ1n) is 12.6. The molecule has 5 heteroatoms. The van der Waals surface area contributed by atoms with Gasteiger partial charge < -0.3 is 4.74 Å². The number of ether oxygens (including phenoxy) is 1. The smallest absolute Gasteiger partial charge is 0.372 e. The maximum atomic E-state index is 6.75. The van der Waals surface area contributed by atoms with Crippen LogP contribution in [0, 0.1) is 0 Å². The molecule has 0 fully saturated rings. The Kier molecular flexibility index (Phi) is 2.46. The Balaban J connectivity index is 1.56. The number of pyridine rings is 3. The van der Waals surface area contributed by atoms with E-state index in [-0.39, 0.29) is 0 Å². The molecule has 0 aliphatic carbocycles. The molecule has 0 bridgehead atoms. The number of para-hydroxylation sites is 2. The second kappa shape index (κ2) is 5.22. The van der Waals surface area contributed by atoms with Crippen molar-refractivity contribution >= 4 is 60.0 Å². The molecule has 0 radical (unpaired) electrons. The van der Waals surface area contributed by atoms with Crippen molar-refractivity contribution in [2.24, 2.45) is 0 Å². The van der Waals surface area contributed by atoms with E-state index in [1.807, 2.05) is 12.4 Å². The Morgan fingerprint density at radius 3 is 2.54 bits per heavy atom. The number of hydrogen-bond acceptors (Lipinski definition) is 2. The van der Waals surface area contributed by atoms with Crippen LogP contribution in [-0.2, 0) is 5.66 Å². The predicted octanol–water partition coefficient (Wildman–Crippen LogP) is 5.71. The van der Waals surface area contributed by atoms with E-state index in [1.54, 1.807) is 0 Å². The molecular weight excluding hydrogens is 456 g/mol. The van der Waals surface area contributed by atoms with E-state index >= 15 is 0 Å². The minimum atomic E-state index is -0.577. The Labute approximate surface area is 209 Å². The molecule has 1 atom stereocenters. The number of nitrogens with zero attached hydrogens (tertiary/aromatic N) is 4. The first-order valence-corrected chi connectivity index (χ1v) is 12.6. The molecule has 0 N–H and O–H groups in total. The van der Waals surface area contributed by atoms with Crippen LogP contribution < -0.4 is 13.9 Å². The zero-order valence-corrected chi connectivity index (χ0v) is 19.4. The summed E-state index contributed by atoms with van der Waals surface area (Å²) in [6.07, 6.45) is 6.17. The van der Waals surface area contributed by atoms with Gasteiger partial charge in [0.05, 0.1) is 10.8 Å². The summed E-state index contributed by atoms with van der Waals surface area (Å²) in [7, 11) is 0. The van der Waals surface area contributed by atoms with Crippen LogP contribution in [0.5, 0.6) is 11.5 Å². The van der Waals surface area contributed by atoms with E-state index in [2.05, 4.69) is 104 Å². The molecule has 3 aliphatic rings. The topological polar surface area (TPSA) is 34.3 Å². The van der Waals surface area contributed by atoms with Crippen LogP contribution in [0.4, 0.5) is 0 Å². The molecule has 0 amide bonds. The van der Waals surface area contributed by atoms with E-state index in [9.17, 15) is 0 Å². The zero-order valence-electron chi connectivity index (χ0n) is 19.4. The molecule has 0 saturated carbocycles. The second-order valence-electron chi connectivity index (χ2n) is 10.4. The fraction of sp³-hybridized carbons (Fsp3) is 0.0312. The molecule has 1 spiro atoms. The molecule has 11 rings (SSSR count). The van der Waals surface area contributed by atoms with Crippen molar-refractivity contribution in [3.05, 3.63) is 109 Å². The third kappa shape index (κ3) is 1.54. The van der Waals surface area contributed by atoms with Gasteiger partial charge in [-0.3, -0.25) is 4.98 Å².